The first-order valence-electron chi connectivity index (χ1n) is 7.70. The minimum absolute atomic E-state index is 0.0620. The molecule has 0 radical (unpaired) electrons. The summed E-state index contributed by atoms with van der Waals surface area (Å²) in [7, 11) is 0. The number of hydrogen-bond donors (Lipinski definition) is 4. The van der Waals surface area contributed by atoms with Crippen molar-refractivity contribution < 1.29 is 10.2 Å². The van der Waals surface area contributed by atoms with Crippen molar-refractivity contribution in [1.29, 1.82) is 0 Å². The van der Waals surface area contributed by atoms with Gasteiger partial charge in [-0.05, 0) is 54.4 Å². The van der Waals surface area contributed by atoms with Gasteiger partial charge in [0.25, 0.3) is 0 Å². The Morgan fingerprint density at radius 3 is 2.64 bits per heavy atom. The average Bonchev–Trinajstić information content (AvgIpc) is 2.54. The number of benzene rings is 2. The molecule has 5 nitrogen and oxygen atoms in total. The minimum atomic E-state index is 0.0620. The lowest BCUT2D eigenvalue weighted by Gasteiger charge is -2.16. The Morgan fingerprint density at radius 2 is 1.96 bits per heavy atom. The zero-order valence-electron chi connectivity index (χ0n) is 14.2. The van der Waals surface area contributed by atoms with Crippen LogP contribution in [0.2, 0.25) is 5.02 Å². The lowest BCUT2D eigenvalue weighted by atomic mass is 9.99. The Morgan fingerprint density at radius 1 is 1.24 bits per heavy atom. The number of hydrogen-bond acceptors (Lipinski definition) is 4. The van der Waals surface area contributed by atoms with Gasteiger partial charge in [0, 0.05) is 10.6 Å². The molecule has 2 aromatic carbocycles. The predicted molar refractivity (Wildman–Crippen MR) is 107 cm³/mol. The third-order valence-electron chi connectivity index (χ3n) is 3.64. The molecule has 0 aliphatic rings. The maximum absolute atomic E-state index is 10.4. The van der Waals surface area contributed by atoms with Crippen molar-refractivity contribution in [3.8, 4) is 11.5 Å². The molecule has 0 aliphatic heterocycles. The number of hydrazone groups is 1. The highest BCUT2D eigenvalue weighted by molar-refractivity contribution is 7.80. The molecule has 7 heteroatoms. The Balaban J connectivity index is 2.09. The van der Waals surface area contributed by atoms with Gasteiger partial charge in [-0.15, -0.1) is 0 Å². The van der Waals surface area contributed by atoms with E-state index in [1.807, 2.05) is 32.9 Å². The molecule has 4 N–H and O–H groups in total. The van der Waals surface area contributed by atoms with Gasteiger partial charge < -0.3 is 15.5 Å². The highest BCUT2D eigenvalue weighted by Gasteiger charge is 2.13. The maximum Gasteiger partial charge on any atom is 0.191 e. The summed E-state index contributed by atoms with van der Waals surface area (Å²) < 4.78 is 0. The largest absolute Gasteiger partial charge is 0.507 e. The van der Waals surface area contributed by atoms with Crippen molar-refractivity contribution in [2.24, 2.45) is 5.10 Å². The van der Waals surface area contributed by atoms with Gasteiger partial charge in [0.05, 0.1) is 11.9 Å². The number of aryl methyl sites for hydroxylation is 1. The van der Waals surface area contributed by atoms with Gasteiger partial charge in [0.1, 0.15) is 11.5 Å². The summed E-state index contributed by atoms with van der Waals surface area (Å²) in [4.78, 5) is 0. The number of phenolic OH excluding ortho intramolecular Hbond substituents is 2. The highest BCUT2D eigenvalue weighted by Crippen LogP contribution is 2.35. The molecule has 0 atom stereocenters. The summed E-state index contributed by atoms with van der Waals surface area (Å²) in [5, 5.41) is 27.8. The molecule has 0 saturated carbocycles. The number of thiocarbonyl (C=S) groups is 1. The third kappa shape index (κ3) is 4.84. The van der Waals surface area contributed by atoms with Crippen LogP contribution in [0.4, 0.5) is 5.69 Å². The number of aromatic hydroxyl groups is 2. The zero-order chi connectivity index (χ0) is 18.6. The molecular weight excluding hydrogens is 358 g/mol. The average molecular weight is 378 g/mol. The van der Waals surface area contributed by atoms with Gasteiger partial charge in [-0.25, -0.2) is 0 Å². The molecule has 0 saturated heterocycles. The van der Waals surface area contributed by atoms with E-state index in [0.29, 0.717) is 16.3 Å². The summed E-state index contributed by atoms with van der Waals surface area (Å²) >= 11 is 11.1. The monoisotopic (exact) mass is 377 g/mol. The number of anilines is 1. The van der Waals surface area contributed by atoms with E-state index in [-0.39, 0.29) is 22.5 Å². The number of halogens is 1. The predicted octanol–water partition coefficient (Wildman–Crippen LogP) is 4.50. The minimum Gasteiger partial charge on any atom is -0.507 e. The van der Waals surface area contributed by atoms with E-state index in [9.17, 15) is 10.2 Å². The molecule has 0 fully saturated rings. The van der Waals surface area contributed by atoms with Gasteiger partial charge in [-0.1, -0.05) is 37.6 Å². The molecule has 0 bridgehead atoms. The van der Waals surface area contributed by atoms with E-state index in [1.165, 1.54) is 12.3 Å². The van der Waals surface area contributed by atoms with Crippen LogP contribution in [0.5, 0.6) is 11.5 Å². The standard InChI is InChI=1S/C18H20ClN3O2S/c1-10(2)14-6-4-11(3)16(17(14)24)21-18(25)22-20-9-12-8-13(19)5-7-15(12)23/h4-10,23-24H,1-3H3,(H2,21,22,25)/b20-9+. The van der Waals surface area contributed by atoms with Gasteiger partial charge in [0.15, 0.2) is 5.11 Å². The first-order valence-corrected chi connectivity index (χ1v) is 8.49. The topological polar surface area (TPSA) is 76.9 Å². The number of nitrogens with one attached hydrogen (secondary N) is 2. The molecule has 0 aliphatic carbocycles. The summed E-state index contributed by atoms with van der Waals surface area (Å²) in [6.07, 6.45) is 1.41. The fourth-order valence-electron chi connectivity index (χ4n) is 2.26. The molecule has 0 heterocycles. The Kier molecular flexibility index (Phi) is 6.22. The van der Waals surface area contributed by atoms with E-state index in [0.717, 1.165) is 11.1 Å². The molecule has 0 unspecified atom stereocenters. The lowest BCUT2D eigenvalue weighted by molar-refractivity contribution is 0.467. The van der Waals surface area contributed by atoms with Crippen molar-refractivity contribution in [1.82, 2.24) is 5.43 Å². The molecule has 2 rings (SSSR count). The highest BCUT2D eigenvalue weighted by atomic mass is 35.5. The molecule has 0 aromatic heterocycles. The van der Waals surface area contributed by atoms with Crippen molar-refractivity contribution in [2.45, 2.75) is 26.7 Å². The van der Waals surface area contributed by atoms with Gasteiger partial charge in [0.2, 0.25) is 0 Å². The normalized spacial score (nSPS) is 11.1. The molecule has 25 heavy (non-hydrogen) atoms. The second kappa shape index (κ2) is 8.18. The molecule has 2 aromatic rings. The van der Waals surface area contributed by atoms with Crippen LogP contribution in [-0.2, 0) is 0 Å². The van der Waals surface area contributed by atoms with Crippen LogP contribution < -0.4 is 10.7 Å². The van der Waals surface area contributed by atoms with Crippen molar-refractivity contribution in [2.75, 3.05) is 5.32 Å². The lowest BCUT2D eigenvalue weighted by Crippen LogP contribution is -2.24. The van der Waals surface area contributed by atoms with Crippen LogP contribution in [-0.4, -0.2) is 21.5 Å². The quantitative estimate of drug-likeness (QED) is 0.273. The maximum atomic E-state index is 10.4. The van der Waals surface area contributed by atoms with E-state index in [4.69, 9.17) is 23.8 Å². The summed E-state index contributed by atoms with van der Waals surface area (Å²) in [6.45, 7) is 5.89. The Hall–Kier alpha value is -2.31. The smallest absolute Gasteiger partial charge is 0.191 e. The number of nitrogens with zero attached hydrogens (tertiary/aromatic N) is 1. The van der Waals surface area contributed by atoms with Crippen LogP contribution in [0.25, 0.3) is 0 Å². The second-order valence-electron chi connectivity index (χ2n) is 5.88. The van der Waals surface area contributed by atoms with Crippen LogP contribution in [0, 0.1) is 6.92 Å². The van der Waals surface area contributed by atoms with Crippen molar-refractivity contribution in [3.05, 3.63) is 52.0 Å². The van der Waals surface area contributed by atoms with Gasteiger partial charge in [-0.2, -0.15) is 5.10 Å². The number of rotatable bonds is 4. The van der Waals surface area contributed by atoms with Crippen LogP contribution in [0.3, 0.4) is 0 Å². The second-order valence-corrected chi connectivity index (χ2v) is 6.72. The fourth-order valence-corrected chi connectivity index (χ4v) is 2.60. The van der Waals surface area contributed by atoms with Gasteiger partial charge >= 0.3 is 0 Å². The molecular formula is C18H20ClN3O2S. The van der Waals surface area contributed by atoms with Crippen molar-refractivity contribution >= 4 is 40.8 Å². The Labute approximate surface area is 157 Å². The van der Waals surface area contributed by atoms with Crippen molar-refractivity contribution in [3.63, 3.8) is 0 Å². The van der Waals surface area contributed by atoms with Crippen LogP contribution in [0.15, 0.2) is 35.4 Å². The molecule has 0 spiro atoms. The van der Waals surface area contributed by atoms with Crippen LogP contribution >= 0.6 is 23.8 Å². The van der Waals surface area contributed by atoms with E-state index in [2.05, 4.69) is 15.8 Å². The zero-order valence-corrected chi connectivity index (χ0v) is 15.7. The fraction of sp³-hybridized carbons (Fsp3) is 0.222. The molecule has 132 valence electrons. The summed E-state index contributed by atoms with van der Waals surface area (Å²) in [6, 6.07) is 8.48. The first-order chi connectivity index (χ1) is 11.8. The summed E-state index contributed by atoms with van der Waals surface area (Å²) in [5.41, 5.74) is 5.36. The van der Waals surface area contributed by atoms with Crippen LogP contribution in [0.1, 0.15) is 36.5 Å². The SMILES string of the molecule is Cc1ccc(C(C)C)c(O)c1NC(=S)N/N=C/c1cc(Cl)ccc1O. The third-order valence-corrected chi connectivity index (χ3v) is 4.07. The van der Waals surface area contributed by atoms with E-state index < -0.39 is 0 Å². The molecule has 0 amide bonds. The first kappa shape index (κ1) is 19.0. The van der Waals surface area contributed by atoms with Gasteiger partial charge in [-0.3, -0.25) is 5.43 Å². The number of phenols is 2. The van der Waals surface area contributed by atoms with E-state index in [1.54, 1.807) is 12.1 Å². The summed E-state index contributed by atoms with van der Waals surface area (Å²) in [5.74, 6) is 0.425. The van der Waals surface area contributed by atoms with E-state index >= 15 is 0 Å². The Bertz CT molecular complexity index is 822.